The summed E-state index contributed by atoms with van der Waals surface area (Å²) in [7, 11) is -3.79. The molecule has 34 heavy (non-hydrogen) atoms. The smallest absolute Gasteiger partial charge is 0.261 e. The minimum Gasteiger partial charge on any atom is -0.326 e. The molecule has 0 saturated carbocycles. The normalized spacial score (nSPS) is 11.4. The molecule has 0 unspecified atom stereocenters. The Labute approximate surface area is 199 Å². The standard InChI is InChI=1S/C23H18N6O3S2/c1-15(30)24-17-8-10-19(11-9-17)34(31,32)28-18-6-4-16(5-7-18)20-12-13-22-25-26-23(29(22)27-20)21-3-2-14-33-21/h2-14,28H,1H3,(H,24,30). The number of thiophene rings is 1. The molecule has 0 fully saturated rings. The largest absolute Gasteiger partial charge is 0.326 e. The van der Waals surface area contributed by atoms with E-state index in [0.717, 1.165) is 10.4 Å². The van der Waals surface area contributed by atoms with Crippen LogP contribution in [-0.2, 0) is 14.8 Å². The Morgan fingerprint density at radius 2 is 1.65 bits per heavy atom. The average molecular weight is 491 g/mol. The number of carbonyl (C=O) groups excluding carboxylic acids is 1. The van der Waals surface area contributed by atoms with Gasteiger partial charge in [0.2, 0.25) is 5.91 Å². The van der Waals surface area contributed by atoms with Crippen molar-refractivity contribution in [1.29, 1.82) is 0 Å². The van der Waals surface area contributed by atoms with E-state index in [0.29, 0.717) is 28.5 Å². The van der Waals surface area contributed by atoms with Crippen LogP contribution in [0.25, 0.3) is 27.6 Å². The summed E-state index contributed by atoms with van der Waals surface area (Å²) < 4.78 is 29.7. The molecule has 3 aromatic heterocycles. The van der Waals surface area contributed by atoms with E-state index < -0.39 is 10.0 Å². The number of aromatic nitrogens is 4. The third kappa shape index (κ3) is 4.38. The molecule has 11 heteroatoms. The van der Waals surface area contributed by atoms with Crippen LogP contribution in [-0.4, -0.2) is 34.1 Å². The second-order valence-corrected chi connectivity index (χ2v) is 10.0. The van der Waals surface area contributed by atoms with Gasteiger partial charge in [0.1, 0.15) is 0 Å². The fourth-order valence-corrected chi connectivity index (χ4v) is 5.10. The van der Waals surface area contributed by atoms with Gasteiger partial charge in [-0.15, -0.1) is 21.5 Å². The summed E-state index contributed by atoms with van der Waals surface area (Å²) in [5.74, 6) is 0.440. The van der Waals surface area contributed by atoms with Gasteiger partial charge in [-0.2, -0.15) is 9.61 Å². The number of nitrogens with zero attached hydrogens (tertiary/aromatic N) is 4. The van der Waals surface area contributed by atoms with Gasteiger partial charge in [-0.1, -0.05) is 18.2 Å². The summed E-state index contributed by atoms with van der Waals surface area (Å²) >= 11 is 1.56. The quantitative estimate of drug-likeness (QED) is 0.367. The van der Waals surface area contributed by atoms with Crippen molar-refractivity contribution in [2.24, 2.45) is 0 Å². The predicted octanol–water partition coefficient (Wildman–Crippen LogP) is 4.28. The van der Waals surface area contributed by atoms with Gasteiger partial charge >= 0.3 is 0 Å². The third-order valence-electron chi connectivity index (χ3n) is 4.92. The van der Waals surface area contributed by atoms with Crippen LogP contribution in [0.2, 0.25) is 0 Å². The van der Waals surface area contributed by atoms with Gasteiger partial charge < -0.3 is 5.32 Å². The molecule has 5 aromatic rings. The Morgan fingerprint density at radius 1 is 0.912 bits per heavy atom. The van der Waals surface area contributed by atoms with E-state index in [9.17, 15) is 13.2 Å². The molecule has 5 rings (SSSR count). The first kappa shape index (κ1) is 21.7. The summed E-state index contributed by atoms with van der Waals surface area (Å²) in [4.78, 5) is 12.2. The molecule has 170 valence electrons. The Kier molecular flexibility index (Phi) is 5.56. The number of amides is 1. The lowest BCUT2D eigenvalue weighted by Crippen LogP contribution is -2.13. The molecule has 0 aliphatic heterocycles. The highest BCUT2D eigenvalue weighted by Gasteiger charge is 2.15. The fourth-order valence-electron chi connectivity index (χ4n) is 3.35. The molecule has 0 aliphatic rings. The highest BCUT2D eigenvalue weighted by Crippen LogP contribution is 2.26. The molecular formula is C23H18N6O3S2. The first-order valence-electron chi connectivity index (χ1n) is 10.2. The zero-order valence-corrected chi connectivity index (χ0v) is 19.5. The topological polar surface area (TPSA) is 118 Å². The first-order chi connectivity index (χ1) is 16.4. The zero-order valence-electron chi connectivity index (χ0n) is 17.8. The van der Waals surface area contributed by atoms with Gasteiger partial charge in [0, 0.05) is 23.9 Å². The van der Waals surface area contributed by atoms with Crippen molar-refractivity contribution in [3.05, 3.63) is 78.2 Å². The molecule has 0 aliphatic carbocycles. The molecule has 2 N–H and O–H groups in total. The van der Waals surface area contributed by atoms with E-state index in [2.05, 4.69) is 25.3 Å². The van der Waals surface area contributed by atoms with Gasteiger partial charge in [0.05, 0.1) is 15.5 Å². The number of hydrogen-bond donors (Lipinski definition) is 2. The molecule has 0 atom stereocenters. The maximum Gasteiger partial charge on any atom is 0.261 e. The van der Waals surface area contributed by atoms with Crippen LogP contribution < -0.4 is 10.0 Å². The molecule has 9 nitrogen and oxygen atoms in total. The van der Waals surface area contributed by atoms with Crippen molar-refractivity contribution < 1.29 is 13.2 Å². The monoisotopic (exact) mass is 490 g/mol. The number of carbonyl (C=O) groups is 1. The highest BCUT2D eigenvalue weighted by molar-refractivity contribution is 7.92. The van der Waals surface area contributed by atoms with Crippen molar-refractivity contribution >= 4 is 44.3 Å². The Hall–Kier alpha value is -4.09. The summed E-state index contributed by atoms with van der Waals surface area (Å²) in [5, 5.41) is 17.7. The number of fused-ring (bicyclic) bond motifs is 1. The van der Waals surface area contributed by atoms with E-state index in [1.54, 1.807) is 40.1 Å². The summed E-state index contributed by atoms with van der Waals surface area (Å²) in [6.07, 6.45) is 0. The minimum absolute atomic E-state index is 0.0894. The van der Waals surface area contributed by atoms with Gasteiger partial charge in [-0.05, 0) is 60.0 Å². The molecule has 0 radical (unpaired) electrons. The summed E-state index contributed by atoms with van der Waals surface area (Å²) in [6.45, 7) is 1.39. The molecule has 2 aromatic carbocycles. The summed E-state index contributed by atoms with van der Waals surface area (Å²) in [6, 6.07) is 20.5. The maximum absolute atomic E-state index is 12.7. The predicted molar refractivity (Wildman–Crippen MR) is 131 cm³/mol. The first-order valence-corrected chi connectivity index (χ1v) is 12.5. The van der Waals surface area contributed by atoms with Crippen LogP contribution in [0, 0.1) is 0 Å². The van der Waals surface area contributed by atoms with Crippen molar-refractivity contribution in [3.8, 4) is 22.0 Å². The molecule has 0 saturated heterocycles. The SMILES string of the molecule is CC(=O)Nc1ccc(S(=O)(=O)Nc2ccc(-c3ccc4nnc(-c5cccs5)n4n3)cc2)cc1. The minimum atomic E-state index is -3.79. The highest BCUT2D eigenvalue weighted by atomic mass is 32.2. The molecule has 3 heterocycles. The zero-order chi connectivity index (χ0) is 23.7. The van der Waals surface area contributed by atoms with E-state index in [-0.39, 0.29) is 10.8 Å². The van der Waals surface area contributed by atoms with Crippen molar-refractivity contribution in [1.82, 2.24) is 19.8 Å². The van der Waals surface area contributed by atoms with Crippen LogP contribution in [0.4, 0.5) is 11.4 Å². The van der Waals surface area contributed by atoms with Gasteiger partial charge in [-0.25, -0.2) is 8.42 Å². The fraction of sp³-hybridized carbons (Fsp3) is 0.0435. The summed E-state index contributed by atoms with van der Waals surface area (Å²) in [5.41, 5.74) is 3.10. The van der Waals surface area contributed by atoms with Gasteiger partial charge in [0.25, 0.3) is 10.0 Å². The lowest BCUT2D eigenvalue weighted by atomic mass is 10.1. The Bertz CT molecular complexity index is 1580. The van der Waals surface area contributed by atoms with Crippen molar-refractivity contribution in [2.75, 3.05) is 10.0 Å². The number of rotatable bonds is 6. The molecule has 0 spiro atoms. The van der Waals surface area contributed by atoms with Crippen LogP contribution in [0.5, 0.6) is 0 Å². The number of anilines is 2. The number of sulfonamides is 1. The second-order valence-electron chi connectivity index (χ2n) is 7.38. The number of hydrogen-bond acceptors (Lipinski definition) is 7. The third-order valence-corrected chi connectivity index (χ3v) is 7.19. The van der Waals surface area contributed by atoms with Crippen LogP contribution >= 0.6 is 11.3 Å². The maximum atomic E-state index is 12.7. The van der Waals surface area contributed by atoms with E-state index >= 15 is 0 Å². The molecule has 0 bridgehead atoms. The van der Waals surface area contributed by atoms with E-state index in [1.807, 2.05) is 29.6 Å². The van der Waals surface area contributed by atoms with E-state index in [1.165, 1.54) is 31.2 Å². The van der Waals surface area contributed by atoms with E-state index in [4.69, 9.17) is 0 Å². The molecule has 1 amide bonds. The average Bonchev–Trinajstić information content (AvgIpc) is 3.49. The van der Waals surface area contributed by atoms with Crippen LogP contribution in [0.3, 0.4) is 0 Å². The number of benzene rings is 2. The second kappa shape index (κ2) is 8.69. The number of nitrogens with one attached hydrogen (secondary N) is 2. The van der Waals surface area contributed by atoms with Crippen molar-refractivity contribution in [2.45, 2.75) is 11.8 Å². The van der Waals surface area contributed by atoms with Gasteiger partial charge in [-0.3, -0.25) is 9.52 Å². The van der Waals surface area contributed by atoms with Gasteiger partial charge in [0.15, 0.2) is 11.5 Å². The lowest BCUT2D eigenvalue weighted by Gasteiger charge is -2.10. The van der Waals surface area contributed by atoms with Crippen LogP contribution in [0.15, 0.2) is 83.1 Å². The van der Waals surface area contributed by atoms with Crippen LogP contribution in [0.1, 0.15) is 6.92 Å². The Balaban J connectivity index is 1.37. The lowest BCUT2D eigenvalue weighted by molar-refractivity contribution is -0.114. The van der Waals surface area contributed by atoms with Crippen molar-refractivity contribution in [3.63, 3.8) is 0 Å². The Morgan fingerprint density at radius 3 is 2.32 bits per heavy atom. The molecular weight excluding hydrogens is 472 g/mol.